The van der Waals surface area contributed by atoms with Crippen LogP contribution in [-0.4, -0.2) is 42.6 Å². The zero-order chi connectivity index (χ0) is 17.5. The molecule has 0 saturated heterocycles. The highest BCUT2D eigenvalue weighted by Gasteiger charge is 2.35. The predicted octanol–water partition coefficient (Wildman–Crippen LogP) is 1.80. The molecule has 0 bridgehead atoms. The molecule has 7 nitrogen and oxygen atoms in total. The predicted molar refractivity (Wildman–Crippen MR) is 83.9 cm³/mol. The molecule has 0 unspecified atom stereocenters. The molecule has 3 N–H and O–H groups in total. The first-order valence-electron chi connectivity index (χ1n) is 6.79. The average molecular weight is 361 g/mol. The number of nitriles is 1. The van der Waals surface area contributed by atoms with Crippen LogP contribution in [0.25, 0.3) is 0 Å². The summed E-state index contributed by atoms with van der Waals surface area (Å²) >= 11 is 5.88. The largest absolute Gasteiger partial charge is 0.465 e. The normalized spacial score (nSPS) is 20.0. The molecule has 0 aliphatic heterocycles. The van der Waals surface area contributed by atoms with Gasteiger partial charge in [0.2, 0.25) is 0 Å². The van der Waals surface area contributed by atoms with Gasteiger partial charge in [-0.15, -0.1) is 0 Å². The molecule has 1 amide bonds. The van der Waals surface area contributed by atoms with Gasteiger partial charge in [0.15, 0.2) is 9.84 Å². The Bertz CT molecular complexity index is 687. The number of sulfone groups is 1. The minimum Gasteiger partial charge on any atom is -0.465 e. The minimum atomic E-state index is -3.39. The van der Waals surface area contributed by atoms with Gasteiger partial charge in [-0.05, 0) is 31.4 Å². The molecule has 1 aliphatic rings. The van der Waals surface area contributed by atoms with E-state index in [9.17, 15) is 18.3 Å². The van der Waals surface area contributed by atoms with E-state index >= 15 is 0 Å². The Labute approximate surface area is 139 Å². The number of amides is 1. The van der Waals surface area contributed by atoms with E-state index in [0.29, 0.717) is 19.3 Å². The van der Waals surface area contributed by atoms with Crippen LogP contribution in [0.4, 0.5) is 4.79 Å². The second kappa shape index (κ2) is 8.72. The summed E-state index contributed by atoms with van der Waals surface area (Å²) in [7, 11) is -3.39. The van der Waals surface area contributed by atoms with E-state index in [1.165, 1.54) is 6.07 Å². The standard InChI is InChI=1S/C11H13ClO3S.C3H4N2O2/c12-10-3-1-2-4-11(10)16(14,15)9-6-5-8(13)7-9;4-1-2-5-3(6)7/h1-4,8-9,13H,5-7H2;5H,2H2,(H,6,7)/t8-,9-;/m0./s1. The van der Waals surface area contributed by atoms with Crippen LogP contribution >= 0.6 is 11.6 Å². The Hall–Kier alpha value is -1.82. The second-order valence-corrected chi connectivity index (χ2v) is 7.48. The first kappa shape index (κ1) is 19.2. The van der Waals surface area contributed by atoms with Gasteiger partial charge in [0.25, 0.3) is 0 Å². The van der Waals surface area contributed by atoms with Crippen molar-refractivity contribution in [1.82, 2.24) is 5.32 Å². The van der Waals surface area contributed by atoms with Gasteiger partial charge in [0.1, 0.15) is 6.54 Å². The summed E-state index contributed by atoms with van der Waals surface area (Å²) in [6.07, 6.45) is -0.291. The highest BCUT2D eigenvalue weighted by atomic mass is 35.5. The monoisotopic (exact) mass is 360 g/mol. The highest BCUT2D eigenvalue weighted by Crippen LogP contribution is 2.32. The maximum Gasteiger partial charge on any atom is 0.405 e. The number of carbonyl (C=O) groups is 1. The maximum absolute atomic E-state index is 12.2. The average Bonchev–Trinajstić information content (AvgIpc) is 2.93. The molecule has 126 valence electrons. The number of nitrogens with one attached hydrogen (secondary N) is 1. The van der Waals surface area contributed by atoms with Crippen LogP contribution in [-0.2, 0) is 9.84 Å². The summed E-state index contributed by atoms with van der Waals surface area (Å²) in [5.74, 6) is 0. The summed E-state index contributed by atoms with van der Waals surface area (Å²) in [5.41, 5.74) is 0. The van der Waals surface area contributed by atoms with Crippen LogP contribution in [0.5, 0.6) is 0 Å². The van der Waals surface area contributed by atoms with E-state index in [4.69, 9.17) is 22.0 Å². The van der Waals surface area contributed by atoms with Crippen molar-refractivity contribution < 1.29 is 23.4 Å². The second-order valence-electron chi connectivity index (χ2n) is 4.88. The van der Waals surface area contributed by atoms with Crippen LogP contribution in [0.1, 0.15) is 19.3 Å². The fourth-order valence-electron chi connectivity index (χ4n) is 2.17. The van der Waals surface area contributed by atoms with Crippen molar-refractivity contribution in [3.8, 4) is 6.07 Å². The summed E-state index contributed by atoms with van der Waals surface area (Å²) in [6, 6.07) is 8.05. The molecule has 1 fully saturated rings. The van der Waals surface area contributed by atoms with Crippen molar-refractivity contribution in [3.05, 3.63) is 29.3 Å². The number of benzene rings is 1. The van der Waals surface area contributed by atoms with Gasteiger partial charge in [0, 0.05) is 0 Å². The van der Waals surface area contributed by atoms with Gasteiger partial charge >= 0.3 is 6.09 Å². The topological polar surface area (TPSA) is 127 Å². The van der Waals surface area contributed by atoms with Gasteiger partial charge < -0.3 is 15.5 Å². The van der Waals surface area contributed by atoms with E-state index < -0.39 is 27.3 Å². The molecule has 0 aromatic heterocycles. The molecule has 2 atom stereocenters. The fraction of sp³-hybridized carbons (Fsp3) is 0.429. The van der Waals surface area contributed by atoms with Crippen molar-refractivity contribution in [2.24, 2.45) is 0 Å². The van der Waals surface area contributed by atoms with Crippen molar-refractivity contribution in [1.29, 1.82) is 5.26 Å². The van der Waals surface area contributed by atoms with Crippen LogP contribution in [0, 0.1) is 11.3 Å². The van der Waals surface area contributed by atoms with Crippen molar-refractivity contribution in [2.75, 3.05) is 6.54 Å². The molecule has 0 radical (unpaired) electrons. The van der Waals surface area contributed by atoms with Gasteiger partial charge in [-0.25, -0.2) is 13.2 Å². The zero-order valence-corrected chi connectivity index (χ0v) is 13.7. The van der Waals surface area contributed by atoms with Gasteiger partial charge in [-0.2, -0.15) is 5.26 Å². The lowest BCUT2D eigenvalue weighted by molar-refractivity contribution is 0.183. The van der Waals surface area contributed by atoms with E-state index in [1.54, 1.807) is 24.3 Å². The number of halogens is 1. The molecule has 1 aromatic rings. The lowest BCUT2D eigenvalue weighted by Crippen LogP contribution is -2.20. The third-order valence-corrected chi connectivity index (χ3v) is 5.97. The molecule has 1 aromatic carbocycles. The first-order chi connectivity index (χ1) is 10.8. The molecule has 0 spiro atoms. The number of aliphatic hydroxyl groups is 1. The molecule has 0 heterocycles. The number of hydrogen-bond donors (Lipinski definition) is 3. The lowest BCUT2D eigenvalue weighted by Gasteiger charge is -2.12. The third-order valence-electron chi connectivity index (χ3n) is 3.26. The fourth-order valence-corrected chi connectivity index (χ4v) is 4.52. The van der Waals surface area contributed by atoms with Gasteiger partial charge in [0.05, 0.1) is 27.3 Å². The van der Waals surface area contributed by atoms with Crippen LogP contribution in [0.2, 0.25) is 5.02 Å². The number of rotatable bonds is 3. The summed E-state index contributed by atoms with van der Waals surface area (Å²) in [4.78, 5) is 9.67. The number of aliphatic hydroxyl groups excluding tert-OH is 1. The van der Waals surface area contributed by atoms with E-state index in [2.05, 4.69) is 0 Å². The molecular formula is C14H17ClN2O5S. The number of nitrogens with zero attached hydrogens (tertiary/aromatic N) is 1. The van der Waals surface area contributed by atoms with Crippen LogP contribution in [0.3, 0.4) is 0 Å². The molecule has 2 rings (SSSR count). The molecule has 1 saturated carbocycles. The van der Waals surface area contributed by atoms with E-state index in [0.717, 1.165) is 0 Å². The molecule has 9 heteroatoms. The number of carboxylic acid groups (broad SMARTS) is 1. The SMILES string of the molecule is N#CCNC(=O)O.O=S(=O)(c1ccccc1Cl)[C@H]1CC[C@H](O)C1. The van der Waals surface area contributed by atoms with Crippen LogP contribution in [0.15, 0.2) is 29.2 Å². The Morgan fingerprint density at radius 3 is 2.48 bits per heavy atom. The van der Waals surface area contributed by atoms with Crippen molar-refractivity contribution in [3.63, 3.8) is 0 Å². The minimum absolute atomic E-state index is 0.144. The Balaban J connectivity index is 0.000000322. The lowest BCUT2D eigenvalue weighted by atomic mass is 10.3. The third kappa shape index (κ3) is 5.71. The molecular weight excluding hydrogens is 344 g/mol. The van der Waals surface area contributed by atoms with Crippen molar-refractivity contribution >= 4 is 27.5 Å². The van der Waals surface area contributed by atoms with Crippen molar-refractivity contribution in [2.45, 2.75) is 35.5 Å². The van der Waals surface area contributed by atoms with Gasteiger partial charge in [-0.3, -0.25) is 0 Å². The molecule has 23 heavy (non-hydrogen) atoms. The van der Waals surface area contributed by atoms with Gasteiger partial charge in [-0.1, -0.05) is 23.7 Å². The molecule has 1 aliphatic carbocycles. The van der Waals surface area contributed by atoms with E-state index in [1.807, 2.05) is 5.32 Å². The summed E-state index contributed by atoms with van der Waals surface area (Å²) < 4.78 is 24.4. The van der Waals surface area contributed by atoms with Crippen LogP contribution < -0.4 is 5.32 Å². The summed E-state index contributed by atoms with van der Waals surface area (Å²) in [5, 5.41) is 26.5. The highest BCUT2D eigenvalue weighted by molar-refractivity contribution is 7.92. The zero-order valence-electron chi connectivity index (χ0n) is 12.1. The Morgan fingerprint density at radius 1 is 1.39 bits per heavy atom. The Morgan fingerprint density at radius 2 is 2.04 bits per heavy atom. The first-order valence-corrected chi connectivity index (χ1v) is 8.71. The Kier molecular flexibility index (Phi) is 7.29. The number of hydrogen-bond acceptors (Lipinski definition) is 5. The van der Waals surface area contributed by atoms with E-state index in [-0.39, 0.29) is 16.5 Å². The maximum atomic E-state index is 12.2. The summed E-state index contributed by atoms with van der Waals surface area (Å²) in [6.45, 7) is -0.144. The smallest absolute Gasteiger partial charge is 0.405 e. The quantitative estimate of drug-likeness (QED) is 0.705.